The third-order valence-electron chi connectivity index (χ3n) is 2.90. The van der Waals surface area contributed by atoms with Gasteiger partial charge in [0.25, 0.3) is 0 Å². The van der Waals surface area contributed by atoms with Gasteiger partial charge in [-0.15, -0.1) is 0 Å². The van der Waals surface area contributed by atoms with E-state index in [4.69, 9.17) is 9.96 Å². The molecule has 5 heteroatoms. The molecule has 15 heavy (non-hydrogen) atoms. The number of hydrogen-bond acceptors (Lipinski definition) is 4. The molecule has 0 aliphatic heterocycles. The fraction of sp³-hybridized carbons (Fsp3) is 1.00. The Morgan fingerprint density at radius 1 is 0.933 bits per heavy atom. The molecule has 0 N–H and O–H groups in total. The molecule has 0 aromatic rings. The summed E-state index contributed by atoms with van der Waals surface area (Å²) in [6.07, 6.45) is 0.997. The number of hydrogen-bond donors (Lipinski definition) is 0. The molecular formula is C10H25NO3Ti. The van der Waals surface area contributed by atoms with Crippen molar-refractivity contribution in [2.75, 3.05) is 34.4 Å². The molecule has 1 atom stereocenters. The molecule has 92 valence electrons. The second-order valence-electron chi connectivity index (χ2n) is 3.36. The zero-order chi connectivity index (χ0) is 11.9. The standard InChI is InChI=1S/C7H16N.3CH3O.Ti/c1-4-7-8(5-2)6-3;3*1-2;/h7H,4-6H2,1-3H3;3*1H3;/q;3*-1;+3. The van der Waals surface area contributed by atoms with E-state index in [9.17, 15) is 0 Å². The zero-order valence-electron chi connectivity index (χ0n) is 10.9. The molecule has 1 unspecified atom stereocenters. The first-order valence-corrected chi connectivity index (χ1v) is 8.36. The van der Waals surface area contributed by atoms with Crippen LogP contribution in [0.1, 0.15) is 27.2 Å². The SMILES string of the molecule is CC[CH](N(CC)CC)[Ti]([O]C)([O]C)[O]C. The van der Waals surface area contributed by atoms with Gasteiger partial charge in [0.2, 0.25) is 0 Å². The van der Waals surface area contributed by atoms with E-state index in [1.807, 2.05) is 0 Å². The second-order valence-corrected chi connectivity index (χ2v) is 8.20. The van der Waals surface area contributed by atoms with Gasteiger partial charge in [0.1, 0.15) is 0 Å². The molecule has 0 heterocycles. The van der Waals surface area contributed by atoms with E-state index < -0.39 is 17.8 Å². The number of nitrogens with zero attached hydrogens (tertiary/aromatic N) is 1. The van der Waals surface area contributed by atoms with Crippen molar-refractivity contribution in [3.05, 3.63) is 0 Å². The quantitative estimate of drug-likeness (QED) is 0.620. The van der Waals surface area contributed by atoms with Crippen molar-refractivity contribution in [2.45, 2.75) is 31.5 Å². The third-order valence-corrected chi connectivity index (χ3v) is 8.05. The van der Waals surface area contributed by atoms with Crippen LogP contribution in [0, 0.1) is 0 Å². The molecule has 0 aromatic carbocycles. The van der Waals surface area contributed by atoms with Crippen molar-refractivity contribution in [2.24, 2.45) is 0 Å². The molecule has 0 amide bonds. The van der Waals surface area contributed by atoms with E-state index in [0.717, 1.165) is 19.5 Å². The molecule has 0 fully saturated rings. The van der Waals surface area contributed by atoms with Gasteiger partial charge < -0.3 is 0 Å². The minimum atomic E-state index is -3.07. The molecule has 4 nitrogen and oxygen atoms in total. The Morgan fingerprint density at radius 3 is 1.53 bits per heavy atom. The van der Waals surface area contributed by atoms with Gasteiger partial charge in [0, 0.05) is 0 Å². The van der Waals surface area contributed by atoms with Crippen molar-refractivity contribution < 1.29 is 27.7 Å². The molecule has 0 saturated carbocycles. The van der Waals surface area contributed by atoms with E-state index in [-0.39, 0.29) is 0 Å². The number of rotatable bonds is 8. The third kappa shape index (κ3) is 3.51. The molecular weight excluding hydrogens is 230 g/mol. The first kappa shape index (κ1) is 15.6. The molecule has 0 radical (unpaired) electrons. The van der Waals surface area contributed by atoms with Crippen LogP contribution < -0.4 is 0 Å². The van der Waals surface area contributed by atoms with Crippen LogP contribution >= 0.6 is 0 Å². The van der Waals surface area contributed by atoms with Gasteiger partial charge in [-0.3, -0.25) is 0 Å². The monoisotopic (exact) mass is 255 g/mol. The maximum absolute atomic E-state index is 5.58. The van der Waals surface area contributed by atoms with E-state index in [0.29, 0.717) is 4.35 Å². The molecule has 0 saturated heterocycles. The predicted octanol–water partition coefficient (Wildman–Crippen LogP) is 1.90. The van der Waals surface area contributed by atoms with Gasteiger partial charge in [-0.2, -0.15) is 0 Å². The summed E-state index contributed by atoms with van der Waals surface area (Å²) in [5, 5.41) is 0. The molecule has 0 aliphatic rings. The van der Waals surface area contributed by atoms with Crippen LogP contribution in [0.5, 0.6) is 0 Å². The van der Waals surface area contributed by atoms with Crippen LogP contribution in [0.15, 0.2) is 0 Å². The van der Waals surface area contributed by atoms with Crippen LogP contribution in [0.25, 0.3) is 0 Å². The summed E-state index contributed by atoms with van der Waals surface area (Å²) in [5.41, 5.74) is 0. The van der Waals surface area contributed by atoms with Crippen molar-refractivity contribution >= 4 is 0 Å². The summed E-state index contributed by atoms with van der Waals surface area (Å²) < 4.78 is 17.0. The first-order chi connectivity index (χ1) is 7.15. The summed E-state index contributed by atoms with van der Waals surface area (Å²) in [4.78, 5) is 2.36. The molecule has 0 aliphatic carbocycles. The predicted molar refractivity (Wildman–Crippen MR) is 58.0 cm³/mol. The Morgan fingerprint density at radius 2 is 1.33 bits per heavy atom. The van der Waals surface area contributed by atoms with Crippen molar-refractivity contribution in [3.8, 4) is 0 Å². The van der Waals surface area contributed by atoms with Crippen LogP contribution in [0.4, 0.5) is 0 Å². The summed E-state index contributed by atoms with van der Waals surface area (Å²) in [5.74, 6) is 0. The fourth-order valence-electron chi connectivity index (χ4n) is 2.05. The normalized spacial score (nSPS) is 14.6. The Kier molecular flexibility index (Phi) is 8.05. The summed E-state index contributed by atoms with van der Waals surface area (Å²) >= 11 is -3.07. The van der Waals surface area contributed by atoms with E-state index in [1.165, 1.54) is 0 Å². The van der Waals surface area contributed by atoms with Crippen LogP contribution in [0.2, 0.25) is 0 Å². The van der Waals surface area contributed by atoms with Gasteiger partial charge in [-0.25, -0.2) is 0 Å². The average molecular weight is 255 g/mol. The van der Waals surface area contributed by atoms with Crippen molar-refractivity contribution in [1.82, 2.24) is 4.90 Å². The molecule has 0 bridgehead atoms. The Labute approximate surface area is 98.7 Å². The fourth-order valence-corrected chi connectivity index (χ4v) is 6.16. The van der Waals surface area contributed by atoms with Gasteiger partial charge in [-0.05, 0) is 0 Å². The second kappa shape index (κ2) is 7.77. The Bertz CT molecular complexity index is 152. The van der Waals surface area contributed by atoms with Crippen LogP contribution in [-0.2, 0) is 27.7 Å². The summed E-state index contributed by atoms with van der Waals surface area (Å²) in [6.45, 7) is 8.45. The van der Waals surface area contributed by atoms with E-state index >= 15 is 0 Å². The topological polar surface area (TPSA) is 30.9 Å². The van der Waals surface area contributed by atoms with Crippen molar-refractivity contribution in [3.63, 3.8) is 0 Å². The van der Waals surface area contributed by atoms with Gasteiger partial charge >= 0.3 is 98.6 Å². The van der Waals surface area contributed by atoms with E-state index in [1.54, 1.807) is 21.3 Å². The van der Waals surface area contributed by atoms with Crippen LogP contribution in [-0.4, -0.2) is 43.7 Å². The molecule has 0 rings (SSSR count). The Balaban J connectivity index is 4.86. The first-order valence-electron chi connectivity index (χ1n) is 5.55. The molecule has 0 spiro atoms. The van der Waals surface area contributed by atoms with Gasteiger partial charge in [0.05, 0.1) is 0 Å². The summed E-state index contributed by atoms with van der Waals surface area (Å²) in [6, 6.07) is 0. The van der Waals surface area contributed by atoms with E-state index in [2.05, 4.69) is 25.7 Å². The maximum atomic E-state index is 5.58. The summed E-state index contributed by atoms with van der Waals surface area (Å²) in [7, 11) is 5.08. The zero-order valence-corrected chi connectivity index (χ0v) is 12.4. The minimum absolute atomic E-state index is 0.292. The average Bonchev–Trinajstić information content (AvgIpc) is 2.30. The van der Waals surface area contributed by atoms with Crippen molar-refractivity contribution in [1.29, 1.82) is 0 Å². The molecule has 0 aromatic heterocycles. The van der Waals surface area contributed by atoms with Gasteiger partial charge in [-0.1, -0.05) is 0 Å². The Hall–Kier alpha value is 0.554. The van der Waals surface area contributed by atoms with Gasteiger partial charge in [0.15, 0.2) is 0 Å². The van der Waals surface area contributed by atoms with Crippen LogP contribution in [0.3, 0.4) is 0 Å².